The summed E-state index contributed by atoms with van der Waals surface area (Å²) in [7, 11) is 3.25. The fourth-order valence-corrected chi connectivity index (χ4v) is 1.60. The Morgan fingerprint density at radius 2 is 2.54 bits per heavy atom. The number of ether oxygens (including phenoxy) is 1. The third kappa shape index (κ3) is 3.52. The maximum absolute atomic E-state index is 10.9. The monoisotopic (exact) mass is 200 g/mol. The van der Waals surface area contributed by atoms with Crippen LogP contribution in [0.25, 0.3) is 0 Å². The van der Waals surface area contributed by atoms with Crippen LogP contribution in [-0.2, 0) is 16.1 Å². The number of rotatable bonds is 4. The van der Waals surface area contributed by atoms with Crippen molar-refractivity contribution in [2.24, 2.45) is 0 Å². The van der Waals surface area contributed by atoms with E-state index in [4.69, 9.17) is 0 Å². The fourth-order valence-electron chi connectivity index (χ4n) is 0.903. The van der Waals surface area contributed by atoms with Crippen LogP contribution in [0, 0.1) is 0 Å². The molecule has 0 saturated heterocycles. The molecule has 0 aliphatic carbocycles. The quantitative estimate of drug-likeness (QED) is 0.673. The van der Waals surface area contributed by atoms with Crippen molar-refractivity contribution >= 4 is 17.3 Å². The van der Waals surface area contributed by atoms with Gasteiger partial charge < -0.3 is 4.74 Å². The van der Waals surface area contributed by atoms with Crippen molar-refractivity contribution in [3.05, 3.63) is 16.6 Å². The standard InChI is InChI=1S/C8H12N2O2S/c1-10(6-8(11)12-2)5-7-9-3-4-13-7/h3-4H,5-6H2,1-2H3. The van der Waals surface area contributed by atoms with Gasteiger partial charge in [0.15, 0.2) is 0 Å². The second-order valence-corrected chi connectivity index (χ2v) is 3.65. The number of hydrogen-bond acceptors (Lipinski definition) is 5. The summed E-state index contributed by atoms with van der Waals surface area (Å²) >= 11 is 1.58. The number of nitrogens with zero attached hydrogens (tertiary/aromatic N) is 2. The average Bonchev–Trinajstić information content (AvgIpc) is 2.56. The maximum atomic E-state index is 10.9. The highest BCUT2D eigenvalue weighted by Gasteiger charge is 2.07. The van der Waals surface area contributed by atoms with Gasteiger partial charge in [-0.25, -0.2) is 4.98 Å². The highest BCUT2D eigenvalue weighted by molar-refractivity contribution is 7.09. The first-order valence-electron chi connectivity index (χ1n) is 3.86. The SMILES string of the molecule is COC(=O)CN(C)Cc1nccs1. The first kappa shape index (κ1) is 10.1. The summed E-state index contributed by atoms with van der Waals surface area (Å²) in [5.74, 6) is -0.223. The zero-order chi connectivity index (χ0) is 9.68. The van der Waals surface area contributed by atoms with E-state index >= 15 is 0 Å². The lowest BCUT2D eigenvalue weighted by atomic mass is 10.5. The van der Waals surface area contributed by atoms with Crippen LogP contribution in [-0.4, -0.2) is 36.6 Å². The van der Waals surface area contributed by atoms with Gasteiger partial charge in [0, 0.05) is 11.6 Å². The number of esters is 1. The summed E-state index contributed by atoms with van der Waals surface area (Å²) in [6, 6.07) is 0. The minimum Gasteiger partial charge on any atom is -0.468 e. The Kier molecular flexibility index (Phi) is 3.85. The van der Waals surface area contributed by atoms with Crippen molar-refractivity contribution in [1.29, 1.82) is 0 Å². The normalized spacial score (nSPS) is 10.4. The van der Waals surface area contributed by atoms with E-state index in [0.29, 0.717) is 13.1 Å². The topological polar surface area (TPSA) is 42.4 Å². The molecule has 0 bridgehead atoms. The lowest BCUT2D eigenvalue weighted by molar-refractivity contribution is -0.141. The minimum atomic E-state index is -0.223. The lowest BCUT2D eigenvalue weighted by Crippen LogP contribution is -2.26. The number of carbonyl (C=O) groups excluding carboxylic acids is 1. The van der Waals surface area contributed by atoms with Gasteiger partial charge >= 0.3 is 5.97 Å². The Hall–Kier alpha value is -0.940. The van der Waals surface area contributed by atoms with E-state index < -0.39 is 0 Å². The van der Waals surface area contributed by atoms with Crippen LogP contribution in [0.2, 0.25) is 0 Å². The van der Waals surface area contributed by atoms with Crippen molar-refractivity contribution < 1.29 is 9.53 Å². The molecule has 0 spiro atoms. The largest absolute Gasteiger partial charge is 0.468 e. The molecule has 1 aromatic rings. The van der Waals surface area contributed by atoms with Gasteiger partial charge in [-0.05, 0) is 7.05 Å². The molecule has 1 rings (SSSR count). The summed E-state index contributed by atoms with van der Waals surface area (Å²) in [6.45, 7) is 0.989. The molecule has 4 nitrogen and oxygen atoms in total. The first-order valence-corrected chi connectivity index (χ1v) is 4.74. The average molecular weight is 200 g/mol. The summed E-state index contributed by atoms with van der Waals surface area (Å²) in [5, 5.41) is 2.92. The Bertz CT molecular complexity index is 261. The van der Waals surface area contributed by atoms with Crippen LogP contribution in [0.5, 0.6) is 0 Å². The van der Waals surface area contributed by atoms with Crippen LogP contribution in [0.3, 0.4) is 0 Å². The molecule has 0 fully saturated rings. The van der Waals surface area contributed by atoms with E-state index in [9.17, 15) is 4.79 Å². The smallest absolute Gasteiger partial charge is 0.319 e. The molecular weight excluding hydrogens is 188 g/mol. The molecule has 1 aromatic heterocycles. The van der Waals surface area contributed by atoms with Crippen molar-refractivity contribution in [1.82, 2.24) is 9.88 Å². The molecule has 0 atom stereocenters. The summed E-state index contributed by atoms with van der Waals surface area (Å²) in [6.07, 6.45) is 1.76. The van der Waals surface area contributed by atoms with Crippen molar-refractivity contribution in [2.75, 3.05) is 20.7 Å². The second kappa shape index (κ2) is 4.94. The van der Waals surface area contributed by atoms with Crippen LogP contribution >= 0.6 is 11.3 Å². The molecule has 1 heterocycles. The van der Waals surface area contributed by atoms with Gasteiger partial charge in [-0.2, -0.15) is 0 Å². The van der Waals surface area contributed by atoms with Crippen LogP contribution in [0.1, 0.15) is 5.01 Å². The third-order valence-electron chi connectivity index (χ3n) is 1.52. The van der Waals surface area contributed by atoms with Gasteiger partial charge in [-0.1, -0.05) is 0 Å². The summed E-state index contributed by atoms with van der Waals surface area (Å²) < 4.78 is 4.54. The van der Waals surface area contributed by atoms with Gasteiger partial charge in [0.25, 0.3) is 0 Å². The predicted octanol–water partition coefficient (Wildman–Crippen LogP) is 0.748. The second-order valence-electron chi connectivity index (χ2n) is 2.67. The van der Waals surface area contributed by atoms with Crippen LogP contribution < -0.4 is 0 Å². The Morgan fingerprint density at radius 1 is 1.77 bits per heavy atom. The number of methoxy groups -OCH3 is 1. The van der Waals surface area contributed by atoms with Crippen molar-refractivity contribution in [2.45, 2.75) is 6.54 Å². The number of likely N-dealkylation sites (N-methyl/N-ethyl adjacent to an activating group) is 1. The van der Waals surface area contributed by atoms with E-state index in [1.165, 1.54) is 7.11 Å². The number of thiazole rings is 1. The Labute approximate surface area is 81.2 Å². The fraction of sp³-hybridized carbons (Fsp3) is 0.500. The molecule has 0 amide bonds. The first-order chi connectivity index (χ1) is 6.22. The number of aromatic nitrogens is 1. The maximum Gasteiger partial charge on any atom is 0.319 e. The molecule has 0 unspecified atom stereocenters. The third-order valence-corrected chi connectivity index (χ3v) is 2.28. The molecule has 0 N–H and O–H groups in total. The molecule has 0 aromatic carbocycles. The predicted molar refractivity (Wildman–Crippen MR) is 50.5 cm³/mol. The van der Waals surface area contributed by atoms with Gasteiger partial charge in [0.2, 0.25) is 0 Å². The highest BCUT2D eigenvalue weighted by atomic mass is 32.1. The highest BCUT2D eigenvalue weighted by Crippen LogP contribution is 2.06. The lowest BCUT2D eigenvalue weighted by Gasteiger charge is -2.12. The molecule has 0 saturated carbocycles. The minimum absolute atomic E-state index is 0.223. The molecule has 72 valence electrons. The molecule has 0 radical (unpaired) electrons. The number of carbonyl (C=O) groups is 1. The zero-order valence-corrected chi connectivity index (χ0v) is 8.50. The van der Waals surface area contributed by atoms with E-state index in [0.717, 1.165) is 5.01 Å². The van der Waals surface area contributed by atoms with Crippen LogP contribution in [0.15, 0.2) is 11.6 Å². The van der Waals surface area contributed by atoms with Crippen molar-refractivity contribution in [3.63, 3.8) is 0 Å². The molecule has 5 heteroatoms. The van der Waals surface area contributed by atoms with Gasteiger partial charge in [0.1, 0.15) is 5.01 Å². The van der Waals surface area contributed by atoms with Crippen molar-refractivity contribution in [3.8, 4) is 0 Å². The molecular formula is C8H12N2O2S. The van der Waals surface area contributed by atoms with E-state index in [1.807, 2.05) is 17.3 Å². The Morgan fingerprint density at radius 3 is 3.08 bits per heavy atom. The zero-order valence-electron chi connectivity index (χ0n) is 7.69. The van der Waals surface area contributed by atoms with E-state index in [-0.39, 0.29) is 5.97 Å². The summed E-state index contributed by atoms with van der Waals surface area (Å²) in [5.41, 5.74) is 0. The Balaban J connectivity index is 2.33. The molecule has 0 aliphatic rings. The van der Waals surface area contributed by atoms with Crippen LogP contribution in [0.4, 0.5) is 0 Å². The van der Waals surface area contributed by atoms with E-state index in [1.54, 1.807) is 17.5 Å². The van der Waals surface area contributed by atoms with Gasteiger partial charge in [-0.15, -0.1) is 11.3 Å². The summed E-state index contributed by atoms with van der Waals surface area (Å²) in [4.78, 5) is 16.8. The molecule has 0 aliphatic heterocycles. The number of hydrogen-bond donors (Lipinski definition) is 0. The molecule has 13 heavy (non-hydrogen) atoms. The van der Waals surface area contributed by atoms with Gasteiger partial charge in [0.05, 0.1) is 20.2 Å². The van der Waals surface area contributed by atoms with E-state index in [2.05, 4.69) is 9.72 Å². The van der Waals surface area contributed by atoms with Gasteiger partial charge in [-0.3, -0.25) is 9.69 Å².